The van der Waals surface area contributed by atoms with Crippen molar-refractivity contribution in [3.05, 3.63) is 28.5 Å². The minimum Gasteiger partial charge on any atom is -0.326 e. The Morgan fingerprint density at radius 1 is 1.45 bits per heavy atom. The summed E-state index contributed by atoms with van der Waals surface area (Å²) in [5, 5.41) is -0.0556. The van der Waals surface area contributed by atoms with Crippen LogP contribution in [0.3, 0.4) is 0 Å². The fourth-order valence-electron chi connectivity index (χ4n) is 3.36. The van der Waals surface area contributed by atoms with E-state index in [0.29, 0.717) is 0 Å². The Balaban J connectivity index is 2.01. The average molecular weight is 356 g/mol. The zero-order chi connectivity index (χ0) is 14.3. The second-order valence-electron chi connectivity index (χ2n) is 6.11. The van der Waals surface area contributed by atoms with Crippen LogP contribution in [-0.2, 0) is 6.54 Å². The Morgan fingerprint density at radius 3 is 2.90 bits per heavy atom. The molecule has 0 spiro atoms. The summed E-state index contributed by atoms with van der Waals surface area (Å²) in [6, 6.07) is 6.26. The molecule has 1 aromatic carbocycles. The van der Waals surface area contributed by atoms with Crippen LogP contribution in [0.4, 0.5) is 0 Å². The van der Waals surface area contributed by atoms with E-state index in [0.717, 1.165) is 34.2 Å². The molecule has 3 unspecified atom stereocenters. The van der Waals surface area contributed by atoms with Crippen molar-refractivity contribution < 1.29 is 0 Å². The third-order valence-electron chi connectivity index (χ3n) is 4.34. The van der Waals surface area contributed by atoms with E-state index >= 15 is 0 Å². The molecule has 0 aliphatic heterocycles. The summed E-state index contributed by atoms with van der Waals surface area (Å²) in [7, 11) is 0. The van der Waals surface area contributed by atoms with Gasteiger partial charge in [-0.25, -0.2) is 4.98 Å². The molecular formula is C16H20BrClN2. The minimum absolute atomic E-state index is 0.0556. The van der Waals surface area contributed by atoms with Crippen molar-refractivity contribution in [1.29, 1.82) is 0 Å². The maximum atomic E-state index is 6.34. The molecule has 1 saturated carbocycles. The quantitative estimate of drug-likeness (QED) is 0.661. The SMILES string of the molecule is CC1CCC(Cn2c(C(C)Cl)nc3ccc(Br)cc32)C1. The molecule has 2 nitrogen and oxygen atoms in total. The molecule has 0 bridgehead atoms. The first-order valence-corrected chi connectivity index (χ1v) is 8.57. The topological polar surface area (TPSA) is 17.8 Å². The van der Waals surface area contributed by atoms with E-state index in [1.165, 1.54) is 24.8 Å². The van der Waals surface area contributed by atoms with Crippen LogP contribution in [0.25, 0.3) is 11.0 Å². The first-order valence-electron chi connectivity index (χ1n) is 7.34. The van der Waals surface area contributed by atoms with E-state index in [2.05, 4.69) is 39.6 Å². The van der Waals surface area contributed by atoms with Gasteiger partial charge in [-0.05, 0) is 49.8 Å². The lowest BCUT2D eigenvalue weighted by Gasteiger charge is -2.15. The zero-order valence-electron chi connectivity index (χ0n) is 11.9. The van der Waals surface area contributed by atoms with Crippen molar-refractivity contribution in [1.82, 2.24) is 9.55 Å². The average Bonchev–Trinajstić information content (AvgIpc) is 2.95. The van der Waals surface area contributed by atoms with Crippen LogP contribution in [0, 0.1) is 11.8 Å². The van der Waals surface area contributed by atoms with Gasteiger partial charge in [0.2, 0.25) is 0 Å². The number of hydrogen-bond donors (Lipinski definition) is 0. The molecule has 0 saturated heterocycles. The van der Waals surface area contributed by atoms with Gasteiger partial charge in [-0.1, -0.05) is 29.3 Å². The Labute approximate surface area is 133 Å². The lowest BCUT2D eigenvalue weighted by Crippen LogP contribution is -2.11. The summed E-state index contributed by atoms with van der Waals surface area (Å²) in [6.07, 6.45) is 4.00. The lowest BCUT2D eigenvalue weighted by molar-refractivity contribution is 0.438. The maximum absolute atomic E-state index is 6.34. The summed E-state index contributed by atoms with van der Waals surface area (Å²) < 4.78 is 3.43. The summed E-state index contributed by atoms with van der Waals surface area (Å²) in [6.45, 7) is 5.41. The molecule has 0 N–H and O–H groups in total. The molecule has 2 aromatic rings. The van der Waals surface area contributed by atoms with Crippen LogP contribution < -0.4 is 0 Å². The van der Waals surface area contributed by atoms with Crippen LogP contribution >= 0.6 is 27.5 Å². The van der Waals surface area contributed by atoms with Gasteiger partial charge in [0, 0.05) is 11.0 Å². The van der Waals surface area contributed by atoms with Gasteiger partial charge in [-0.15, -0.1) is 11.6 Å². The van der Waals surface area contributed by atoms with E-state index < -0.39 is 0 Å². The van der Waals surface area contributed by atoms with Crippen molar-refractivity contribution in [2.45, 2.75) is 45.0 Å². The lowest BCUT2D eigenvalue weighted by atomic mass is 10.1. The van der Waals surface area contributed by atoms with Crippen molar-refractivity contribution in [2.24, 2.45) is 11.8 Å². The Kier molecular flexibility index (Phi) is 4.09. The number of alkyl halides is 1. The Hall–Kier alpha value is -0.540. The van der Waals surface area contributed by atoms with E-state index in [1.807, 2.05) is 13.0 Å². The van der Waals surface area contributed by atoms with Gasteiger partial charge in [-0.2, -0.15) is 0 Å². The van der Waals surface area contributed by atoms with Gasteiger partial charge in [-0.3, -0.25) is 0 Å². The summed E-state index contributed by atoms with van der Waals surface area (Å²) >= 11 is 9.90. The first kappa shape index (κ1) is 14.4. The third kappa shape index (κ3) is 2.75. The highest BCUT2D eigenvalue weighted by Gasteiger charge is 2.24. The zero-order valence-corrected chi connectivity index (χ0v) is 14.3. The summed E-state index contributed by atoms with van der Waals surface area (Å²) in [5.41, 5.74) is 2.24. The normalized spacial score (nSPS) is 24.4. The number of hydrogen-bond acceptors (Lipinski definition) is 1. The van der Waals surface area contributed by atoms with Crippen LogP contribution in [0.1, 0.15) is 44.3 Å². The van der Waals surface area contributed by atoms with E-state index in [4.69, 9.17) is 16.6 Å². The summed E-state index contributed by atoms with van der Waals surface area (Å²) in [4.78, 5) is 4.72. The van der Waals surface area contributed by atoms with Gasteiger partial charge < -0.3 is 4.57 Å². The molecule has 1 fully saturated rings. The van der Waals surface area contributed by atoms with Crippen molar-refractivity contribution in [3.63, 3.8) is 0 Å². The van der Waals surface area contributed by atoms with E-state index in [-0.39, 0.29) is 5.38 Å². The first-order chi connectivity index (χ1) is 9.54. The number of nitrogens with zero attached hydrogens (tertiary/aromatic N) is 2. The Morgan fingerprint density at radius 2 is 2.25 bits per heavy atom. The molecule has 1 aliphatic carbocycles. The monoisotopic (exact) mass is 354 g/mol. The molecule has 0 radical (unpaired) electrons. The molecule has 3 rings (SSSR count). The predicted molar refractivity (Wildman–Crippen MR) is 88.2 cm³/mol. The molecule has 4 heteroatoms. The van der Waals surface area contributed by atoms with Gasteiger partial charge in [0.15, 0.2) is 0 Å². The van der Waals surface area contributed by atoms with Crippen LogP contribution in [0.15, 0.2) is 22.7 Å². The van der Waals surface area contributed by atoms with E-state index in [9.17, 15) is 0 Å². The van der Waals surface area contributed by atoms with Gasteiger partial charge >= 0.3 is 0 Å². The fourth-order valence-corrected chi connectivity index (χ4v) is 3.87. The molecule has 0 amide bonds. The number of fused-ring (bicyclic) bond motifs is 1. The number of halogens is 2. The van der Waals surface area contributed by atoms with Crippen molar-refractivity contribution >= 4 is 38.6 Å². The number of aromatic nitrogens is 2. The van der Waals surface area contributed by atoms with Gasteiger partial charge in [0.25, 0.3) is 0 Å². The Bertz CT molecular complexity index is 620. The van der Waals surface area contributed by atoms with Gasteiger partial charge in [0.05, 0.1) is 16.4 Å². The summed E-state index contributed by atoms with van der Waals surface area (Å²) in [5.74, 6) is 2.62. The molecule has 1 aromatic heterocycles. The molecule has 1 heterocycles. The van der Waals surface area contributed by atoms with Crippen molar-refractivity contribution in [3.8, 4) is 0 Å². The molecule has 108 valence electrons. The van der Waals surface area contributed by atoms with Crippen LogP contribution in [0.2, 0.25) is 0 Å². The second kappa shape index (κ2) is 5.69. The number of benzene rings is 1. The van der Waals surface area contributed by atoms with Crippen LogP contribution in [-0.4, -0.2) is 9.55 Å². The maximum Gasteiger partial charge on any atom is 0.127 e. The van der Waals surface area contributed by atoms with E-state index in [1.54, 1.807) is 0 Å². The highest BCUT2D eigenvalue weighted by molar-refractivity contribution is 9.10. The second-order valence-corrected chi connectivity index (χ2v) is 7.68. The molecular weight excluding hydrogens is 336 g/mol. The number of rotatable bonds is 3. The smallest absolute Gasteiger partial charge is 0.127 e. The fraction of sp³-hybridized carbons (Fsp3) is 0.562. The van der Waals surface area contributed by atoms with Gasteiger partial charge in [0.1, 0.15) is 5.82 Å². The molecule has 20 heavy (non-hydrogen) atoms. The largest absolute Gasteiger partial charge is 0.326 e. The standard InChI is InChI=1S/C16H20BrClN2/c1-10-3-4-12(7-10)9-20-15-8-13(17)5-6-14(15)19-16(20)11(2)18/h5-6,8,10-12H,3-4,7,9H2,1-2H3. The molecule has 1 aliphatic rings. The van der Waals surface area contributed by atoms with Crippen molar-refractivity contribution in [2.75, 3.05) is 0 Å². The highest BCUT2D eigenvalue weighted by atomic mass is 79.9. The molecule has 3 atom stereocenters. The number of imidazole rings is 1. The van der Waals surface area contributed by atoms with Crippen LogP contribution in [0.5, 0.6) is 0 Å². The minimum atomic E-state index is -0.0556. The third-order valence-corrected chi connectivity index (χ3v) is 5.03. The highest BCUT2D eigenvalue weighted by Crippen LogP contribution is 2.34. The predicted octanol–water partition coefficient (Wildman–Crippen LogP) is 5.53.